The molecular weight excluding hydrogens is 378 g/mol. The highest BCUT2D eigenvalue weighted by Gasteiger charge is 2.36. The predicted octanol–water partition coefficient (Wildman–Crippen LogP) is 3.83. The lowest BCUT2D eigenvalue weighted by molar-refractivity contribution is 0.0626. The van der Waals surface area contributed by atoms with Crippen LogP contribution < -0.4 is 10.4 Å². The highest BCUT2D eigenvalue weighted by molar-refractivity contribution is 7.11. The summed E-state index contributed by atoms with van der Waals surface area (Å²) in [5.41, 5.74) is 0.846. The van der Waals surface area contributed by atoms with Crippen LogP contribution in [0.25, 0.3) is 0 Å². The standard InChI is InChI=1S/C20H21N3O2S2/c1-13(2)21-12-23(22-9-8-15(24)14(3)18(22)20(21)25)19(16-6-4-10-26-16)17-7-5-11-27-17/h4-11,13,19H,12H2,1-3H3. The first kappa shape index (κ1) is 18.0. The van der Waals surface area contributed by atoms with Crippen molar-refractivity contribution in [2.75, 3.05) is 11.7 Å². The molecule has 0 aliphatic carbocycles. The molecule has 1 aliphatic heterocycles. The number of aromatic nitrogens is 1. The smallest absolute Gasteiger partial charge is 0.274 e. The van der Waals surface area contributed by atoms with Crippen molar-refractivity contribution in [3.05, 3.63) is 78.5 Å². The summed E-state index contributed by atoms with van der Waals surface area (Å²) in [6.07, 6.45) is 1.73. The number of hydrogen-bond donors (Lipinski definition) is 0. The van der Waals surface area contributed by atoms with Crippen molar-refractivity contribution in [1.82, 2.24) is 9.58 Å². The molecule has 3 aromatic rings. The molecular formula is C20H21N3O2S2. The molecule has 0 N–H and O–H groups in total. The van der Waals surface area contributed by atoms with E-state index in [1.54, 1.807) is 41.9 Å². The minimum Gasteiger partial charge on any atom is -0.316 e. The van der Waals surface area contributed by atoms with Gasteiger partial charge in [0.2, 0.25) is 0 Å². The maximum absolute atomic E-state index is 13.1. The van der Waals surface area contributed by atoms with Gasteiger partial charge in [0.05, 0.1) is 0 Å². The van der Waals surface area contributed by atoms with Crippen molar-refractivity contribution in [2.45, 2.75) is 32.9 Å². The molecule has 4 heterocycles. The molecule has 0 atom stereocenters. The largest absolute Gasteiger partial charge is 0.316 e. The van der Waals surface area contributed by atoms with E-state index in [4.69, 9.17) is 0 Å². The van der Waals surface area contributed by atoms with Crippen LogP contribution in [0, 0.1) is 6.92 Å². The molecule has 4 rings (SSSR count). The van der Waals surface area contributed by atoms with Gasteiger partial charge >= 0.3 is 0 Å². The summed E-state index contributed by atoms with van der Waals surface area (Å²) in [6.45, 7) is 6.21. The van der Waals surface area contributed by atoms with E-state index in [0.717, 1.165) is 0 Å². The minimum atomic E-state index is -0.107. The highest BCUT2D eigenvalue weighted by atomic mass is 32.1. The zero-order valence-corrected chi connectivity index (χ0v) is 17.1. The van der Waals surface area contributed by atoms with E-state index < -0.39 is 0 Å². The lowest BCUT2D eigenvalue weighted by Gasteiger charge is -2.44. The number of carbonyl (C=O) groups is 1. The van der Waals surface area contributed by atoms with Crippen molar-refractivity contribution in [1.29, 1.82) is 0 Å². The molecule has 0 saturated carbocycles. The van der Waals surface area contributed by atoms with Crippen molar-refractivity contribution < 1.29 is 4.79 Å². The second-order valence-electron chi connectivity index (χ2n) is 6.88. The zero-order chi connectivity index (χ0) is 19.1. The molecule has 0 radical (unpaired) electrons. The first-order chi connectivity index (χ1) is 13.0. The molecule has 5 nitrogen and oxygen atoms in total. The van der Waals surface area contributed by atoms with Gasteiger partial charge in [-0.25, -0.2) is 0 Å². The Morgan fingerprint density at radius 1 is 1.00 bits per heavy atom. The third-order valence-corrected chi connectivity index (χ3v) is 6.75. The molecule has 0 spiro atoms. The van der Waals surface area contributed by atoms with E-state index in [2.05, 4.69) is 27.9 Å². The molecule has 1 amide bonds. The second kappa shape index (κ2) is 6.98. The first-order valence-corrected chi connectivity index (χ1v) is 10.6. The highest BCUT2D eigenvalue weighted by Crippen LogP contribution is 2.35. The SMILES string of the molecule is Cc1c2n(ccc1=O)N(C(c1cccs1)c1cccs1)CN(C(C)C)C2=O. The van der Waals surface area contributed by atoms with Crippen LogP contribution >= 0.6 is 22.7 Å². The number of pyridine rings is 1. The molecule has 140 valence electrons. The summed E-state index contributed by atoms with van der Waals surface area (Å²) >= 11 is 3.40. The topological polar surface area (TPSA) is 45.6 Å². The summed E-state index contributed by atoms with van der Waals surface area (Å²) in [5.74, 6) is -0.0902. The average Bonchev–Trinajstić information content (AvgIpc) is 3.34. The summed E-state index contributed by atoms with van der Waals surface area (Å²) in [6, 6.07) is 9.92. The Kier molecular flexibility index (Phi) is 4.65. The molecule has 0 bridgehead atoms. The van der Waals surface area contributed by atoms with Crippen LogP contribution in [0.4, 0.5) is 0 Å². The van der Waals surface area contributed by atoms with Gasteiger partial charge in [-0.15, -0.1) is 22.7 Å². The summed E-state index contributed by atoms with van der Waals surface area (Å²) in [7, 11) is 0. The maximum Gasteiger partial charge on any atom is 0.274 e. The Hall–Kier alpha value is -2.38. The number of nitrogens with zero attached hydrogens (tertiary/aromatic N) is 3. The van der Waals surface area contributed by atoms with Crippen molar-refractivity contribution in [3.63, 3.8) is 0 Å². The molecule has 1 aliphatic rings. The maximum atomic E-state index is 13.1. The molecule has 3 aromatic heterocycles. The van der Waals surface area contributed by atoms with E-state index in [-0.39, 0.29) is 23.4 Å². The fraction of sp³-hybridized carbons (Fsp3) is 0.300. The van der Waals surface area contributed by atoms with Crippen molar-refractivity contribution >= 4 is 28.6 Å². The Bertz CT molecular complexity index is 972. The van der Waals surface area contributed by atoms with E-state index >= 15 is 0 Å². The molecule has 27 heavy (non-hydrogen) atoms. The average molecular weight is 400 g/mol. The van der Waals surface area contributed by atoms with E-state index in [1.807, 2.05) is 35.6 Å². The molecule has 0 aromatic carbocycles. The normalized spacial score (nSPS) is 14.3. The Morgan fingerprint density at radius 2 is 1.63 bits per heavy atom. The molecule has 0 saturated heterocycles. The van der Waals surface area contributed by atoms with Gasteiger partial charge in [0, 0.05) is 33.6 Å². The van der Waals surface area contributed by atoms with Gasteiger partial charge in [-0.05, 0) is 43.7 Å². The van der Waals surface area contributed by atoms with E-state index in [1.165, 1.54) is 9.75 Å². The van der Waals surface area contributed by atoms with Crippen LogP contribution in [0.5, 0.6) is 0 Å². The number of carbonyl (C=O) groups excluding carboxylic acids is 1. The van der Waals surface area contributed by atoms with Crippen LogP contribution in [0.3, 0.4) is 0 Å². The van der Waals surface area contributed by atoms with Gasteiger partial charge < -0.3 is 4.90 Å². The van der Waals surface area contributed by atoms with Crippen LogP contribution in [0.2, 0.25) is 0 Å². The zero-order valence-electron chi connectivity index (χ0n) is 15.5. The third kappa shape index (κ3) is 3.00. The predicted molar refractivity (Wildman–Crippen MR) is 110 cm³/mol. The van der Waals surface area contributed by atoms with Crippen LogP contribution in [-0.4, -0.2) is 28.2 Å². The second-order valence-corrected chi connectivity index (χ2v) is 8.84. The summed E-state index contributed by atoms with van der Waals surface area (Å²) < 4.78 is 1.88. The number of fused-ring (bicyclic) bond motifs is 1. The van der Waals surface area contributed by atoms with Crippen molar-refractivity contribution in [2.24, 2.45) is 0 Å². The van der Waals surface area contributed by atoms with Gasteiger partial charge in [-0.2, -0.15) is 0 Å². The minimum absolute atomic E-state index is 0.0139. The molecule has 0 fully saturated rings. The quantitative estimate of drug-likeness (QED) is 0.670. The summed E-state index contributed by atoms with van der Waals surface area (Å²) in [4.78, 5) is 29.6. The summed E-state index contributed by atoms with van der Waals surface area (Å²) in [5, 5.41) is 6.33. The number of thiophene rings is 2. The molecule has 7 heteroatoms. The van der Waals surface area contributed by atoms with Crippen LogP contribution in [0.15, 0.2) is 52.1 Å². The Balaban J connectivity index is 1.94. The Morgan fingerprint density at radius 3 is 2.15 bits per heavy atom. The number of amides is 1. The fourth-order valence-corrected chi connectivity index (χ4v) is 5.23. The first-order valence-electron chi connectivity index (χ1n) is 8.86. The van der Waals surface area contributed by atoms with Crippen LogP contribution in [0.1, 0.15) is 45.7 Å². The van der Waals surface area contributed by atoms with E-state index in [9.17, 15) is 9.59 Å². The van der Waals surface area contributed by atoms with E-state index in [0.29, 0.717) is 17.9 Å². The van der Waals surface area contributed by atoms with Crippen LogP contribution in [-0.2, 0) is 0 Å². The lowest BCUT2D eigenvalue weighted by Crippen LogP contribution is -2.57. The van der Waals surface area contributed by atoms with Gasteiger partial charge in [-0.1, -0.05) is 12.1 Å². The lowest BCUT2D eigenvalue weighted by atomic mass is 10.1. The fourth-order valence-electron chi connectivity index (χ4n) is 3.45. The van der Waals surface area contributed by atoms with Gasteiger partial charge in [0.1, 0.15) is 18.4 Å². The van der Waals surface area contributed by atoms with Gasteiger partial charge in [-0.3, -0.25) is 19.3 Å². The number of rotatable bonds is 4. The van der Waals surface area contributed by atoms with Crippen molar-refractivity contribution in [3.8, 4) is 0 Å². The van der Waals surface area contributed by atoms with Gasteiger partial charge in [0.15, 0.2) is 5.43 Å². The van der Waals surface area contributed by atoms with Gasteiger partial charge in [0.25, 0.3) is 5.91 Å². The number of hydrogen-bond acceptors (Lipinski definition) is 5. The monoisotopic (exact) mass is 399 g/mol. The molecule has 0 unspecified atom stereocenters. The Labute approximate surface area is 166 Å². The third-order valence-electron chi connectivity index (χ3n) is 4.91.